The Morgan fingerprint density at radius 2 is 2.10 bits per heavy atom. The first-order chi connectivity index (χ1) is 9.16. The molecule has 0 aliphatic rings. The van der Waals surface area contributed by atoms with Crippen LogP contribution in [0.15, 0.2) is 24.3 Å². The van der Waals surface area contributed by atoms with Crippen LogP contribution in [0.4, 0.5) is 4.39 Å². The Morgan fingerprint density at radius 3 is 2.65 bits per heavy atom. The number of aliphatic hydroxyl groups is 1. The van der Waals surface area contributed by atoms with Crippen LogP contribution < -0.4 is 4.72 Å². The molecule has 1 aromatic carbocycles. The van der Waals surface area contributed by atoms with Gasteiger partial charge in [0.05, 0.1) is 11.4 Å². The number of hydrogen-bond donors (Lipinski definition) is 2. The first kappa shape index (κ1) is 17.1. The third-order valence-corrected chi connectivity index (χ3v) is 4.87. The topological polar surface area (TPSA) is 66.4 Å². The van der Waals surface area contributed by atoms with E-state index in [-0.39, 0.29) is 18.2 Å². The predicted molar refractivity (Wildman–Crippen MR) is 77.1 cm³/mol. The van der Waals surface area contributed by atoms with Crippen LogP contribution in [0.5, 0.6) is 0 Å². The van der Waals surface area contributed by atoms with Crippen molar-refractivity contribution in [3.05, 3.63) is 35.6 Å². The predicted octanol–water partition coefficient (Wildman–Crippen LogP) is 2.04. The van der Waals surface area contributed by atoms with Gasteiger partial charge in [-0.1, -0.05) is 32.4 Å². The second-order valence-electron chi connectivity index (χ2n) is 5.38. The van der Waals surface area contributed by atoms with Crippen LogP contribution in [0.3, 0.4) is 0 Å². The minimum absolute atomic E-state index is 0.0284. The zero-order valence-corrected chi connectivity index (χ0v) is 12.9. The lowest BCUT2D eigenvalue weighted by molar-refractivity contribution is 0.0102. The van der Waals surface area contributed by atoms with Gasteiger partial charge in [-0.3, -0.25) is 0 Å². The molecule has 4 nitrogen and oxygen atoms in total. The van der Waals surface area contributed by atoms with Crippen molar-refractivity contribution in [1.29, 1.82) is 0 Å². The summed E-state index contributed by atoms with van der Waals surface area (Å²) in [4.78, 5) is 0. The van der Waals surface area contributed by atoms with Gasteiger partial charge in [0.25, 0.3) is 0 Å². The van der Waals surface area contributed by atoms with Crippen molar-refractivity contribution in [2.24, 2.45) is 5.92 Å². The molecule has 0 heterocycles. The van der Waals surface area contributed by atoms with E-state index in [1.54, 1.807) is 13.0 Å². The van der Waals surface area contributed by atoms with Crippen molar-refractivity contribution in [1.82, 2.24) is 4.72 Å². The highest BCUT2D eigenvalue weighted by Crippen LogP contribution is 2.19. The lowest BCUT2D eigenvalue weighted by Crippen LogP contribution is -2.45. The lowest BCUT2D eigenvalue weighted by Gasteiger charge is -2.29. The quantitative estimate of drug-likeness (QED) is 0.810. The molecule has 0 radical (unpaired) electrons. The normalized spacial score (nSPS) is 16.6. The average molecular weight is 303 g/mol. The summed E-state index contributed by atoms with van der Waals surface area (Å²) >= 11 is 0. The van der Waals surface area contributed by atoms with Gasteiger partial charge < -0.3 is 5.11 Å². The summed E-state index contributed by atoms with van der Waals surface area (Å²) in [5, 5.41) is 10.2. The fraction of sp³-hybridized carbons (Fsp3) is 0.571. The first-order valence-electron chi connectivity index (χ1n) is 6.60. The van der Waals surface area contributed by atoms with Crippen LogP contribution >= 0.6 is 0 Å². The molecule has 2 atom stereocenters. The minimum Gasteiger partial charge on any atom is -0.389 e. The van der Waals surface area contributed by atoms with Crippen LogP contribution in [0.25, 0.3) is 0 Å². The van der Waals surface area contributed by atoms with Gasteiger partial charge >= 0.3 is 0 Å². The minimum atomic E-state index is -3.60. The number of halogens is 1. The van der Waals surface area contributed by atoms with E-state index in [4.69, 9.17) is 0 Å². The summed E-state index contributed by atoms with van der Waals surface area (Å²) in [5.41, 5.74) is -0.732. The molecule has 0 fully saturated rings. The van der Waals surface area contributed by atoms with E-state index in [0.717, 1.165) is 6.42 Å². The van der Waals surface area contributed by atoms with Gasteiger partial charge in [0.15, 0.2) is 0 Å². The van der Waals surface area contributed by atoms with Crippen molar-refractivity contribution >= 4 is 10.0 Å². The van der Waals surface area contributed by atoms with Crippen LogP contribution in [0.1, 0.15) is 32.8 Å². The SMILES string of the molecule is CCC(C)C(C)(O)CNS(=O)(=O)Cc1cccc(F)c1. The molecular formula is C14H22FNO3S. The molecule has 20 heavy (non-hydrogen) atoms. The second kappa shape index (κ2) is 6.65. The van der Waals surface area contributed by atoms with Crippen molar-refractivity contribution in [3.63, 3.8) is 0 Å². The molecule has 0 aliphatic carbocycles. The Morgan fingerprint density at radius 1 is 1.45 bits per heavy atom. The lowest BCUT2D eigenvalue weighted by atomic mass is 9.89. The third-order valence-electron chi connectivity index (χ3n) is 3.57. The Hall–Kier alpha value is -0.980. The molecule has 0 saturated heterocycles. The Kier molecular flexibility index (Phi) is 5.68. The fourth-order valence-electron chi connectivity index (χ4n) is 1.77. The monoisotopic (exact) mass is 303 g/mol. The summed E-state index contributed by atoms with van der Waals surface area (Å²) in [5.74, 6) is -0.801. The van der Waals surface area contributed by atoms with Crippen LogP contribution in [0, 0.1) is 11.7 Å². The fourth-order valence-corrected chi connectivity index (χ4v) is 3.00. The van der Waals surface area contributed by atoms with Gasteiger partial charge in [0, 0.05) is 6.54 Å². The van der Waals surface area contributed by atoms with E-state index < -0.39 is 21.4 Å². The molecule has 2 unspecified atom stereocenters. The number of rotatable bonds is 7. The van der Waals surface area contributed by atoms with Gasteiger partial charge in [0.1, 0.15) is 5.82 Å². The maximum atomic E-state index is 13.0. The molecule has 0 amide bonds. The highest BCUT2D eigenvalue weighted by molar-refractivity contribution is 7.88. The van der Waals surface area contributed by atoms with E-state index >= 15 is 0 Å². The summed E-state index contributed by atoms with van der Waals surface area (Å²) < 4.78 is 39.2. The largest absolute Gasteiger partial charge is 0.389 e. The Balaban J connectivity index is 2.67. The first-order valence-corrected chi connectivity index (χ1v) is 8.25. The van der Waals surface area contributed by atoms with Gasteiger partial charge in [-0.15, -0.1) is 0 Å². The van der Waals surface area contributed by atoms with E-state index in [2.05, 4.69) is 4.72 Å². The molecule has 1 rings (SSSR count). The molecule has 0 spiro atoms. The molecular weight excluding hydrogens is 281 g/mol. The van der Waals surface area contributed by atoms with Crippen molar-refractivity contribution in [3.8, 4) is 0 Å². The molecule has 2 N–H and O–H groups in total. The van der Waals surface area contributed by atoms with Crippen LogP contribution in [-0.4, -0.2) is 25.7 Å². The maximum Gasteiger partial charge on any atom is 0.215 e. The van der Waals surface area contributed by atoms with Crippen molar-refractivity contribution in [2.45, 2.75) is 38.5 Å². The van der Waals surface area contributed by atoms with E-state index in [1.807, 2.05) is 13.8 Å². The molecule has 114 valence electrons. The highest BCUT2D eigenvalue weighted by Gasteiger charge is 2.28. The number of hydrogen-bond acceptors (Lipinski definition) is 3. The molecule has 0 aromatic heterocycles. The van der Waals surface area contributed by atoms with Gasteiger partial charge in [0.2, 0.25) is 10.0 Å². The summed E-state index contributed by atoms with van der Waals surface area (Å²) in [7, 11) is -3.60. The zero-order chi connectivity index (χ0) is 15.4. The third kappa shape index (κ3) is 5.19. The highest BCUT2D eigenvalue weighted by atomic mass is 32.2. The van der Waals surface area contributed by atoms with Crippen LogP contribution in [0.2, 0.25) is 0 Å². The van der Waals surface area contributed by atoms with Crippen LogP contribution in [-0.2, 0) is 15.8 Å². The standard InChI is InChI=1S/C14H22FNO3S/c1-4-11(2)14(3,17)10-16-20(18,19)9-12-6-5-7-13(15)8-12/h5-8,11,16-17H,4,9-10H2,1-3H3. The van der Waals surface area contributed by atoms with Gasteiger partial charge in [-0.2, -0.15) is 0 Å². The number of sulfonamides is 1. The molecule has 0 aliphatic heterocycles. The van der Waals surface area contributed by atoms with Gasteiger partial charge in [-0.05, 0) is 30.5 Å². The molecule has 1 aromatic rings. The zero-order valence-electron chi connectivity index (χ0n) is 12.1. The van der Waals surface area contributed by atoms with Gasteiger partial charge in [-0.25, -0.2) is 17.5 Å². The Bertz CT molecular complexity index is 543. The van der Waals surface area contributed by atoms with Crippen molar-refractivity contribution < 1.29 is 17.9 Å². The second-order valence-corrected chi connectivity index (χ2v) is 7.18. The van der Waals surface area contributed by atoms with E-state index in [9.17, 15) is 17.9 Å². The van der Waals surface area contributed by atoms with E-state index in [0.29, 0.717) is 5.56 Å². The number of nitrogens with one attached hydrogen (secondary N) is 1. The molecule has 6 heteroatoms. The summed E-state index contributed by atoms with van der Waals surface area (Å²) in [6.45, 7) is 5.34. The molecule has 0 saturated carbocycles. The maximum absolute atomic E-state index is 13.0. The van der Waals surface area contributed by atoms with Crippen molar-refractivity contribution in [2.75, 3.05) is 6.54 Å². The Labute approximate surface area is 120 Å². The summed E-state index contributed by atoms with van der Waals surface area (Å²) in [6.07, 6.45) is 0.749. The molecule has 0 bridgehead atoms. The average Bonchev–Trinajstić information content (AvgIpc) is 2.35. The summed E-state index contributed by atoms with van der Waals surface area (Å²) in [6, 6.07) is 5.47. The van der Waals surface area contributed by atoms with E-state index in [1.165, 1.54) is 18.2 Å². The number of benzene rings is 1. The smallest absolute Gasteiger partial charge is 0.215 e.